The van der Waals surface area contributed by atoms with E-state index < -0.39 is 0 Å². The molecule has 2 heterocycles. The van der Waals surface area contributed by atoms with Gasteiger partial charge in [0.05, 0.1) is 11.4 Å². The summed E-state index contributed by atoms with van der Waals surface area (Å²) in [6, 6.07) is 30.0. The molecule has 0 fully saturated rings. The molecule has 43 heavy (non-hydrogen) atoms. The first kappa shape index (κ1) is 27.9. The summed E-state index contributed by atoms with van der Waals surface area (Å²) in [5.41, 5.74) is 15.2. The van der Waals surface area contributed by atoms with Crippen molar-refractivity contribution >= 4 is 37.6 Å². The first-order valence-electron chi connectivity index (χ1n) is 16.0. The first-order chi connectivity index (χ1) is 20.9. The van der Waals surface area contributed by atoms with E-state index in [4.69, 9.17) is 0 Å². The van der Waals surface area contributed by atoms with Gasteiger partial charge in [-0.1, -0.05) is 101 Å². The number of rotatable bonds is 6. The van der Waals surface area contributed by atoms with Crippen molar-refractivity contribution in [2.75, 3.05) is 0 Å². The number of allylic oxidation sites excluding steroid dienone is 1. The Kier molecular flexibility index (Phi) is 7.14. The fourth-order valence-corrected chi connectivity index (χ4v) is 8.40. The van der Waals surface area contributed by atoms with E-state index in [1.54, 1.807) is 0 Å². The lowest BCUT2D eigenvalue weighted by Crippen LogP contribution is -2.13. The van der Waals surface area contributed by atoms with E-state index in [-0.39, 0.29) is 0 Å². The second-order valence-corrected chi connectivity index (χ2v) is 13.9. The van der Waals surface area contributed by atoms with Crippen LogP contribution in [0.5, 0.6) is 0 Å². The van der Waals surface area contributed by atoms with Crippen molar-refractivity contribution in [2.45, 2.75) is 72.6 Å². The van der Waals surface area contributed by atoms with Gasteiger partial charge in [-0.15, -0.1) is 11.3 Å². The van der Waals surface area contributed by atoms with Gasteiger partial charge in [-0.2, -0.15) is 0 Å². The summed E-state index contributed by atoms with van der Waals surface area (Å²) in [6.07, 6.45) is 7.86. The lowest BCUT2D eigenvalue weighted by Gasteiger charge is -2.27. The van der Waals surface area contributed by atoms with Crippen LogP contribution in [0.1, 0.15) is 86.4 Å². The van der Waals surface area contributed by atoms with E-state index in [2.05, 4.69) is 137 Å². The average molecular weight is 580 g/mol. The van der Waals surface area contributed by atoms with Crippen molar-refractivity contribution in [3.63, 3.8) is 0 Å². The Labute approximate surface area is 260 Å². The lowest BCUT2D eigenvalue weighted by molar-refractivity contribution is 0.788. The van der Waals surface area contributed by atoms with Gasteiger partial charge in [0, 0.05) is 31.4 Å². The Balaban J connectivity index is 1.60. The van der Waals surface area contributed by atoms with Crippen LogP contribution in [0.3, 0.4) is 0 Å². The standard InChI is InChI=1S/C41H41NS/c1-7-28-18-20-33-32-19-17-27(6)21-38(32)43-41(33)39(28)37-24-30-15-11-12-16-36(30)42(37)40-34(25(2)3)22-31(23-35(40)26(4)5)29-13-9-8-10-14-29/h8-11,13-15,17-26H,7,12,16H2,1-6H3. The maximum absolute atomic E-state index is 2.70. The highest BCUT2D eigenvalue weighted by atomic mass is 32.1. The van der Waals surface area contributed by atoms with Crippen molar-refractivity contribution in [2.24, 2.45) is 0 Å². The van der Waals surface area contributed by atoms with Crippen LogP contribution in [0.25, 0.3) is 54.3 Å². The Hall–Kier alpha value is -3.88. The minimum absolute atomic E-state index is 0.384. The first-order valence-corrected chi connectivity index (χ1v) is 16.8. The number of benzene rings is 4. The van der Waals surface area contributed by atoms with Gasteiger partial charge < -0.3 is 4.57 Å². The number of thiophene rings is 1. The predicted molar refractivity (Wildman–Crippen MR) is 189 cm³/mol. The zero-order valence-corrected chi connectivity index (χ0v) is 27.1. The zero-order chi connectivity index (χ0) is 29.8. The quantitative estimate of drug-likeness (QED) is 0.185. The summed E-state index contributed by atoms with van der Waals surface area (Å²) >= 11 is 1.97. The highest BCUT2D eigenvalue weighted by Crippen LogP contribution is 2.47. The summed E-state index contributed by atoms with van der Waals surface area (Å²) in [6.45, 7) is 14.0. The van der Waals surface area contributed by atoms with E-state index in [1.165, 1.54) is 81.8 Å². The topological polar surface area (TPSA) is 4.93 Å². The number of fused-ring (bicyclic) bond motifs is 4. The van der Waals surface area contributed by atoms with E-state index >= 15 is 0 Å². The van der Waals surface area contributed by atoms with Gasteiger partial charge in [-0.05, 0) is 101 Å². The largest absolute Gasteiger partial charge is 0.312 e. The summed E-state index contributed by atoms with van der Waals surface area (Å²) in [4.78, 5) is 0. The highest BCUT2D eigenvalue weighted by molar-refractivity contribution is 7.26. The molecule has 4 aromatic carbocycles. The van der Waals surface area contributed by atoms with E-state index in [9.17, 15) is 0 Å². The molecular weight excluding hydrogens is 539 g/mol. The molecule has 7 rings (SSSR count). The number of aryl methyl sites for hydroxylation is 2. The molecule has 0 saturated carbocycles. The smallest absolute Gasteiger partial charge is 0.0555 e. The third-order valence-electron chi connectivity index (χ3n) is 9.25. The van der Waals surface area contributed by atoms with Crippen molar-refractivity contribution in [3.8, 4) is 28.1 Å². The summed E-state index contributed by atoms with van der Waals surface area (Å²) in [5.74, 6) is 0.768. The third-order valence-corrected chi connectivity index (χ3v) is 10.4. The van der Waals surface area contributed by atoms with Crippen molar-refractivity contribution in [1.29, 1.82) is 0 Å². The fraction of sp³-hybridized carbons (Fsp3) is 0.268. The minimum Gasteiger partial charge on any atom is -0.312 e. The predicted octanol–water partition coefficient (Wildman–Crippen LogP) is 12.3. The molecule has 0 bridgehead atoms. The normalized spacial score (nSPS) is 13.1. The van der Waals surface area contributed by atoms with E-state index in [0.717, 1.165) is 19.3 Å². The second kappa shape index (κ2) is 11.0. The Bertz CT molecular complexity index is 1980. The maximum atomic E-state index is 2.70. The van der Waals surface area contributed by atoms with Gasteiger partial charge in [-0.25, -0.2) is 0 Å². The minimum atomic E-state index is 0.384. The van der Waals surface area contributed by atoms with Gasteiger partial charge in [-0.3, -0.25) is 0 Å². The van der Waals surface area contributed by atoms with Crippen molar-refractivity contribution in [1.82, 2.24) is 4.57 Å². The molecule has 0 saturated heterocycles. The van der Waals surface area contributed by atoms with Gasteiger partial charge in [0.1, 0.15) is 0 Å². The average Bonchev–Trinajstić information content (AvgIpc) is 3.57. The molecule has 0 unspecified atom stereocenters. The van der Waals surface area contributed by atoms with Crippen LogP contribution >= 0.6 is 11.3 Å². The molecule has 0 atom stereocenters. The second-order valence-electron chi connectivity index (χ2n) is 12.8. The number of hydrogen-bond donors (Lipinski definition) is 0. The SMILES string of the molecule is CCc1ccc2c(sc3cc(C)ccc32)c1-c1cc2c(n1-c1c(C(C)C)cc(-c3ccccc3)cc1C(C)C)CCC=C2. The van der Waals surface area contributed by atoms with Gasteiger partial charge in [0.2, 0.25) is 0 Å². The van der Waals surface area contributed by atoms with Crippen LogP contribution < -0.4 is 0 Å². The van der Waals surface area contributed by atoms with Gasteiger partial charge in [0.25, 0.3) is 0 Å². The van der Waals surface area contributed by atoms with Gasteiger partial charge >= 0.3 is 0 Å². The van der Waals surface area contributed by atoms with Crippen LogP contribution in [0, 0.1) is 6.92 Å². The van der Waals surface area contributed by atoms with Crippen LogP contribution in [0.15, 0.2) is 84.9 Å². The van der Waals surface area contributed by atoms with Crippen molar-refractivity contribution in [3.05, 3.63) is 118 Å². The lowest BCUT2D eigenvalue weighted by atomic mass is 9.87. The fourth-order valence-electron chi connectivity index (χ4n) is 7.02. The molecule has 1 aliphatic carbocycles. The monoisotopic (exact) mass is 579 g/mol. The molecule has 2 aromatic heterocycles. The summed E-state index contributed by atoms with van der Waals surface area (Å²) < 4.78 is 5.49. The number of hydrogen-bond acceptors (Lipinski definition) is 1. The molecule has 216 valence electrons. The number of aromatic nitrogens is 1. The molecule has 1 nitrogen and oxygen atoms in total. The van der Waals surface area contributed by atoms with Crippen LogP contribution in [-0.4, -0.2) is 4.57 Å². The Morgan fingerprint density at radius 1 is 0.791 bits per heavy atom. The molecule has 0 spiro atoms. The molecular formula is C41H41NS. The van der Waals surface area contributed by atoms with Crippen LogP contribution in [-0.2, 0) is 12.8 Å². The van der Waals surface area contributed by atoms with Crippen LogP contribution in [0.4, 0.5) is 0 Å². The van der Waals surface area contributed by atoms with Crippen LogP contribution in [0.2, 0.25) is 0 Å². The molecule has 0 radical (unpaired) electrons. The highest BCUT2D eigenvalue weighted by Gasteiger charge is 2.27. The molecule has 2 heteroatoms. The summed E-state index contributed by atoms with van der Waals surface area (Å²) in [5, 5.41) is 2.75. The van der Waals surface area contributed by atoms with E-state index in [1.807, 2.05) is 11.3 Å². The number of nitrogens with zero attached hydrogens (tertiary/aromatic N) is 1. The zero-order valence-electron chi connectivity index (χ0n) is 26.3. The molecule has 0 N–H and O–H groups in total. The van der Waals surface area contributed by atoms with Gasteiger partial charge in [0.15, 0.2) is 0 Å². The third kappa shape index (κ3) is 4.68. The Morgan fingerprint density at radius 2 is 1.51 bits per heavy atom. The van der Waals surface area contributed by atoms with Crippen molar-refractivity contribution < 1.29 is 0 Å². The molecule has 6 aromatic rings. The molecule has 0 amide bonds. The molecule has 1 aliphatic rings. The molecule has 0 aliphatic heterocycles. The Morgan fingerprint density at radius 3 is 2.21 bits per heavy atom. The van der Waals surface area contributed by atoms with E-state index in [0.29, 0.717) is 11.8 Å². The maximum Gasteiger partial charge on any atom is 0.0555 e. The summed E-state index contributed by atoms with van der Waals surface area (Å²) in [7, 11) is 0.